The molecular formula is C19H20F4N2O4S. The number of sulfonamides is 1. The van der Waals surface area contributed by atoms with E-state index in [1.165, 1.54) is 0 Å². The van der Waals surface area contributed by atoms with Gasteiger partial charge in [-0.05, 0) is 5.56 Å². The average molecular weight is 448 g/mol. The largest absolute Gasteiger partial charge is 0.491 e. The van der Waals surface area contributed by atoms with Crippen LogP contribution in [0.2, 0.25) is 0 Å². The summed E-state index contributed by atoms with van der Waals surface area (Å²) in [6, 6.07) is 9.59. The Kier molecular flexibility index (Phi) is 6.96. The van der Waals surface area contributed by atoms with Crippen LogP contribution in [0.3, 0.4) is 0 Å². The van der Waals surface area contributed by atoms with Crippen LogP contribution in [-0.4, -0.2) is 52.8 Å². The number of benzene rings is 2. The van der Waals surface area contributed by atoms with Crippen LogP contribution in [0.15, 0.2) is 35.2 Å². The molecule has 1 unspecified atom stereocenters. The molecule has 1 aliphatic rings. The van der Waals surface area contributed by atoms with Crippen LogP contribution < -0.4 is 9.46 Å². The van der Waals surface area contributed by atoms with Crippen LogP contribution in [0.4, 0.5) is 17.6 Å². The van der Waals surface area contributed by atoms with Gasteiger partial charge in [-0.25, -0.2) is 21.9 Å². The van der Waals surface area contributed by atoms with Gasteiger partial charge in [0.25, 0.3) is 0 Å². The molecule has 2 aromatic carbocycles. The molecule has 11 heteroatoms. The fourth-order valence-corrected chi connectivity index (χ4v) is 4.37. The summed E-state index contributed by atoms with van der Waals surface area (Å²) in [5.74, 6) is -9.32. The number of nitrogens with one attached hydrogen (secondary N) is 1. The quantitative estimate of drug-likeness (QED) is 0.521. The molecule has 0 saturated carbocycles. The molecule has 1 saturated heterocycles. The van der Waals surface area contributed by atoms with Gasteiger partial charge in [0.15, 0.2) is 22.3 Å². The molecular weight excluding hydrogens is 428 g/mol. The zero-order valence-electron chi connectivity index (χ0n) is 16.0. The van der Waals surface area contributed by atoms with E-state index in [2.05, 4.69) is 4.74 Å². The number of rotatable bonds is 7. The summed E-state index contributed by atoms with van der Waals surface area (Å²) in [6.07, 6.45) is -0.615. The minimum Gasteiger partial charge on any atom is -0.491 e. The molecule has 0 spiro atoms. The third-order valence-corrected chi connectivity index (χ3v) is 6.07. The maximum atomic E-state index is 14.1. The Morgan fingerprint density at radius 3 is 2.33 bits per heavy atom. The van der Waals surface area contributed by atoms with Gasteiger partial charge in [-0.2, -0.15) is 8.78 Å². The van der Waals surface area contributed by atoms with E-state index in [1.807, 2.05) is 40.0 Å². The number of methoxy groups -OCH3 is 1. The van der Waals surface area contributed by atoms with Crippen molar-refractivity contribution in [2.75, 3.05) is 33.4 Å². The highest BCUT2D eigenvalue weighted by atomic mass is 32.2. The van der Waals surface area contributed by atoms with Crippen molar-refractivity contribution < 1.29 is 35.5 Å². The lowest BCUT2D eigenvalue weighted by Gasteiger charge is -2.33. The molecule has 1 fully saturated rings. The van der Waals surface area contributed by atoms with Crippen molar-refractivity contribution in [2.24, 2.45) is 0 Å². The fourth-order valence-electron chi connectivity index (χ4n) is 3.17. The number of halogens is 4. The maximum absolute atomic E-state index is 14.1. The van der Waals surface area contributed by atoms with Crippen LogP contribution in [0.5, 0.6) is 5.75 Å². The number of ether oxygens (including phenoxy) is 2. The molecule has 164 valence electrons. The third-order valence-electron chi connectivity index (χ3n) is 4.63. The van der Waals surface area contributed by atoms with Crippen molar-refractivity contribution in [3.8, 4) is 5.75 Å². The molecule has 1 atom stereocenters. The Balaban J connectivity index is 1.71. The number of hydrogen-bond acceptors (Lipinski definition) is 5. The summed E-state index contributed by atoms with van der Waals surface area (Å²) >= 11 is 0. The van der Waals surface area contributed by atoms with Gasteiger partial charge in [-0.3, -0.25) is 4.90 Å². The van der Waals surface area contributed by atoms with Gasteiger partial charge in [0.2, 0.25) is 21.7 Å². The molecule has 0 bridgehead atoms. The lowest BCUT2D eigenvalue weighted by atomic mass is 10.2. The van der Waals surface area contributed by atoms with E-state index in [0.29, 0.717) is 26.2 Å². The van der Waals surface area contributed by atoms with Crippen molar-refractivity contribution >= 4 is 10.0 Å². The smallest absolute Gasteiger partial charge is 0.246 e. The second kappa shape index (κ2) is 9.29. The van der Waals surface area contributed by atoms with Crippen molar-refractivity contribution in [3.63, 3.8) is 0 Å². The minimum absolute atomic E-state index is 0.327. The molecule has 1 N–H and O–H groups in total. The molecule has 1 aliphatic heterocycles. The molecule has 6 nitrogen and oxygen atoms in total. The Labute approximate surface area is 171 Å². The van der Waals surface area contributed by atoms with Gasteiger partial charge < -0.3 is 9.47 Å². The number of morpholine rings is 1. The van der Waals surface area contributed by atoms with E-state index in [9.17, 15) is 26.0 Å². The highest BCUT2D eigenvalue weighted by Crippen LogP contribution is 2.32. The third kappa shape index (κ3) is 4.75. The first kappa shape index (κ1) is 22.5. The number of nitrogens with zero attached hydrogens (tertiary/aromatic N) is 1. The van der Waals surface area contributed by atoms with E-state index >= 15 is 0 Å². The van der Waals surface area contributed by atoms with Crippen molar-refractivity contribution in [1.82, 2.24) is 9.62 Å². The van der Waals surface area contributed by atoms with Gasteiger partial charge in [-0.15, -0.1) is 0 Å². The zero-order chi connectivity index (χ0) is 21.9. The van der Waals surface area contributed by atoms with E-state index < -0.39 is 50.0 Å². The minimum atomic E-state index is -4.90. The van der Waals surface area contributed by atoms with E-state index in [4.69, 9.17) is 4.74 Å². The van der Waals surface area contributed by atoms with Crippen molar-refractivity contribution in [3.05, 3.63) is 59.2 Å². The summed E-state index contributed by atoms with van der Waals surface area (Å²) in [5.41, 5.74) is 1.06. The monoisotopic (exact) mass is 448 g/mol. The molecule has 2 aromatic rings. The summed E-state index contributed by atoms with van der Waals surface area (Å²) < 4.78 is 92.4. The average Bonchev–Trinajstić information content (AvgIpc) is 2.72. The summed E-state index contributed by atoms with van der Waals surface area (Å²) in [7, 11) is -4.10. The van der Waals surface area contributed by atoms with Gasteiger partial charge in [-0.1, -0.05) is 30.3 Å². The lowest BCUT2D eigenvalue weighted by molar-refractivity contribution is -0.0277. The lowest BCUT2D eigenvalue weighted by Crippen LogP contribution is -2.47. The summed E-state index contributed by atoms with van der Waals surface area (Å²) in [6.45, 7) is 1.59. The highest BCUT2D eigenvalue weighted by Gasteiger charge is 2.34. The van der Waals surface area contributed by atoms with E-state index in [0.717, 1.165) is 12.7 Å². The second-order valence-corrected chi connectivity index (χ2v) is 8.39. The van der Waals surface area contributed by atoms with Crippen LogP contribution in [0.25, 0.3) is 0 Å². The van der Waals surface area contributed by atoms with Crippen LogP contribution in [-0.2, 0) is 21.3 Å². The molecule has 30 heavy (non-hydrogen) atoms. The predicted octanol–water partition coefficient (Wildman–Crippen LogP) is 2.43. The maximum Gasteiger partial charge on any atom is 0.246 e. The van der Waals surface area contributed by atoms with Gasteiger partial charge in [0, 0.05) is 26.2 Å². The normalized spacial score (nSPS) is 17.8. The fraction of sp³-hybridized carbons (Fsp3) is 0.368. The number of hydrogen-bond donors (Lipinski definition) is 1. The highest BCUT2D eigenvalue weighted by molar-refractivity contribution is 7.89. The second-order valence-electron chi connectivity index (χ2n) is 6.68. The Morgan fingerprint density at radius 2 is 1.73 bits per heavy atom. The summed E-state index contributed by atoms with van der Waals surface area (Å²) in [5, 5.41) is 0. The Hall–Kier alpha value is -2.21. The Morgan fingerprint density at radius 1 is 1.10 bits per heavy atom. The topological polar surface area (TPSA) is 67.9 Å². The Bertz CT molecular complexity index is 976. The van der Waals surface area contributed by atoms with Gasteiger partial charge >= 0.3 is 0 Å². The van der Waals surface area contributed by atoms with E-state index in [1.54, 1.807) is 0 Å². The van der Waals surface area contributed by atoms with Crippen LogP contribution >= 0.6 is 0 Å². The predicted molar refractivity (Wildman–Crippen MR) is 99.5 cm³/mol. The van der Waals surface area contributed by atoms with Crippen molar-refractivity contribution in [1.29, 1.82) is 0 Å². The molecule has 3 rings (SSSR count). The summed E-state index contributed by atoms with van der Waals surface area (Å²) in [4.78, 5) is 0.293. The first-order chi connectivity index (χ1) is 14.2. The van der Waals surface area contributed by atoms with Crippen LogP contribution in [0.1, 0.15) is 5.56 Å². The molecule has 0 amide bonds. The standard InChI is InChI=1S/C19H20F4N2O4S/c1-28-18-14(20)16(22)19(17(23)15(18)21)30(26,27)24-9-13-11-25(7-8-29-13)10-12-5-3-2-4-6-12/h2-6,13,24H,7-11H2,1H3. The zero-order valence-corrected chi connectivity index (χ0v) is 16.8. The van der Waals surface area contributed by atoms with Gasteiger partial charge in [0.05, 0.1) is 19.8 Å². The van der Waals surface area contributed by atoms with Crippen LogP contribution in [0, 0.1) is 23.3 Å². The molecule has 0 aliphatic carbocycles. The molecule has 0 radical (unpaired) electrons. The van der Waals surface area contributed by atoms with E-state index in [-0.39, 0.29) is 6.54 Å². The SMILES string of the molecule is COc1c(F)c(F)c(S(=O)(=O)NCC2CN(Cc3ccccc3)CCO2)c(F)c1F. The van der Waals surface area contributed by atoms with Gasteiger partial charge in [0.1, 0.15) is 0 Å². The van der Waals surface area contributed by atoms with Crippen molar-refractivity contribution in [2.45, 2.75) is 17.5 Å². The molecule has 0 aromatic heterocycles. The molecule has 1 heterocycles. The first-order valence-electron chi connectivity index (χ1n) is 9.02. The first-order valence-corrected chi connectivity index (χ1v) is 10.5.